The highest BCUT2D eigenvalue weighted by Crippen LogP contribution is 2.53. The molecule has 1 aromatic heterocycles. The minimum absolute atomic E-state index is 0.0968. The molecule has 1 aliphatic heterocycles. The number of aromatic nitrogens is 2. The number of halogens is 1. The smallest absolute Gasteiger partial charge is 0.229 e. The van der Waals surface area contributed by atoms with E-state index in [4.69, 9.17) is 10.5 Å². The van der Waals surface area contributed by atoms with Crippen molar-refractivity contribution in [2.24, 2.45) is 23.5 Å². The lowest BCUT2D eigenvalue weighted by Crippen LogP contribution is -2.46. The second-order valence-electron chi connectivity index (χ2n) is 8.15. The third kappa shape index (κ3) is 3.66. The summed E-state index contributed by atoms with van der Waals surface area (Å²) in [5, 5.41) is 6.74. The molecule has 5 atom stereocenters. The van der Waals surface area contributed by atoms with Gasteiger partial charge in [-0.1, -0.05) is 6.07 Å². The fourth-order valence-electron chi connectivity index (χ4n) is 5.06. The van der Waals surface area contributed by atoms with Crippen LogP contribution in [0.3, 0.4) is 0 Å². The average Bonchev–Trinajstić information content (AvgIpc) is 3.28. The number of amides is 1. The number of benzene rings is 1. The largest absolute Gasteiger partial charge is 0.493 e. The number of fused-ring (bicyclic) bond motifs is 5. The van der Waals surface area contributed by atoms with Crippen molar-refractivity contribution < 1.29 is 13.9 Å². The summed E-state index contributed by atoms with van der Waals surface area (Å²) < 4.78 is 20.4. The summed E-state index contributed by atoms with van der Waals surface area (Å²) in [6.07, 6.45) is 3.98. The van der Waals surface area contributed by atoms with Crippen LogP contribution in [0.4, 0.5) is 21.8 Å². The van der Waals surface area contributed by atoms with E-state index in [1.54, 1.807) is 0 Å². The van der Waals surface area contributed by atoms with Gasteiger partial charge in [0.2, 0.25) is 11.9 Å². The maximum Gasteiger partial charge on any atom is 0.229 e. The highest BCUT2D eigenvalue weighted by molar-refractivity contribution is 7.99. The molecule has 2 fully saturated rings. The Hall–Kier alpha value is -2.55. The van der Waals surface area contributed by atoms with Crippen molar-refractivity contribution in [1.29, 1.82) is 0 Å². The first kappa shape index (κ1) is 19.4. The molecule has 2 heterocycles. The first-order chi connectivity index (χ1) is 14.6. The topological polar surface area (TPSA) is 102 Å². The van der Waals surface area contributed by atoms with Crippen molar-refractivity contribution in [3.8, 4) is 5.75 Å². The molecule has 5 rings (SSSR count). The second kappa shape index (κ2) is 7.94. The predicted molar refractivity (Wildman–Crippen MR) is 114 cm³/mol. The quantitative estimate of drug-likeness (QED) is 0.640. The lowest BCUT2D eigenvalue weighted by atomic mass is 9.83. The summed E-state index contributed by atoms with van der Waals surface area (Å²) in [6, 6.07) is 7.31. The monoisotopic (exact) mass is 429 g/mol. The molecule has 0 saturated heterocycles. The van der Waals surface area contributed by atoms with Crippen molar-refractivity contribution in [2.45, 2.75) is 30.6 Å². The maximum atomic E-state index is 14.5. The van der Waals surface area contributed by atoms with Crippen LogP contribution < -0.4 is 21.1 Å². The highest BCUT2D eigenvalue weighted by atomic mass is 32.2. The van der Waals surface area contributed by atoms with Gasteiger partial charge in [0.25, 0.3) is 0 Å². The molecule has 2 aromatic rings. The van der Waals surface area contributed by atoms with Gasteiger partial charge in [-0.05, 0) is 49.0 Å². The van der Waals surface area contributed by atoms with E-state index in [0.717, 1.165) is 42.6 Å². The predicted octanol–water partition coefficient (Wildman–Crippen LogP) is 3.17. The number of thioether (sulfide) groups is 1. The minimum atomic E-state index is -0.547. The average molecular weight is 430 g/mol. The first-order valence-corrected chi connectivity index (χ1v) is 11.3. The maximum absolute atomic E-state index is 14.5. The molecule has 1 aromatic carbocycles. The molecule has 3 aliphatic rings. The SMILES string of the molecule is NC(=O)C1C2CC3SCCCOc4cccc(c4)Nc4ncc(F)c(n4)NC1C3C2. The van der Waals surface area contributed by atoms with Gasteiger partial charge >= 0.3 is 0 Å². The standard InChI is InChI=1S/C21H24FN5O2S/c22-15-10-24-21-25-12-3-1-4-13(9-12)29-5-2-6-30-16-8-11-7-14(16)18(17(11)19(23)28)26-20(15)27-21/h1,3-4,9-11,14,16-18H,2,5-8H2,(H2,23,28)(H2,24,25,26,27). The van der Waals surface area contributed by atoms with Gasteiger partial charge in [-0.25, -0.2) is 9.37 Å². The Labute approximate surface area is 178 Å². The van der Waals surface area contributed by atoms with Gasteiger partial charge in [0.05, 0.1) is 18.7 Å². The van der Waals surface area contributed by atoms with Crippen molar-refractivity contribution >= 4 is 35.1 Å². The van der Waals surface area contributed by atoms with Crippen LogP contribution in [-0.2, 0) is 4.79 Å². The van der Waals surface area contributed by atoms with Gasteiger partial charge in [-0.3, -0.25) is 4.79 Å². The summed E-state index contributed by atoms with van der Waals surface area (Å²) in [7, 11) is 0. The van der Waals surface area contributed by atoms with Crippen molar-refractivity contribution in [1.82, 2.24) is 9.97 Å². The lowest BCUT2D eigenvalue weighted by molar-refractivity contribution is -0.123. The first-order valence-electron chi connectivity index (χ1n) is 10.3. The van der Waals surface area contributed by atoms with Crippen LogP contribution in [0.5, 0.6) is 5.75 Å². The van der Waals surface area contributed by atoms with Crippen LogP contribution in [0.25, 0.3) is 0 Å². The summed E-state index contributed by atoms with van der Waals surface area (Å²) >= 11 is 1.92. The molecule has 9 heteroatoms. The van der Waals surface area contributed by atoms with Crippen LogP contribution in [0.1, 0.15) is 19.3 Å². The molecule has 0 radical (unpaired) electrons. The number of anilines is 3. The van der Waals surface area contributed by atoms with Crippen LogP contribution in [0.15, 0.2) is 30.5 Å². The van der Waals surface area contributed by atoms with E-state index in [-0.39, 0.29) is 41.5 Å². The fraction of sp³-hybridized carbons (Fsp3) is 0.476. The van der Waals surface area contributed by atoms with Crippen LogP contribution in [0.2, 0.25) is 0 Å². The van der Waals surface area contributed by atoms with Crippen molar-refractivity contribution in [2.75, 3.05) is 23.0 Å². The number of ether oxygens (including phenoxy) is 1. The molecule has 2 aliphatic carbocycles. The molecular weight excluding hydrogens is 405 g/mol. The van der Waals surface area contributed by atoms with Gasteiger partial charge in [-0.15, -0.1) is 0 Å². The molecule has 6 bridgehead atoms. The van der Waals surface area contributed by atoms with Crippen molar-refractivity contribution in [3.63, 3.8) is 0 Å². The third-order valence-corrected chi connectivity index (χ3v) is 7.79. The Kier molecular flexibility index (Phi) is 5.14. The molecule has 4 N–H and O–H groups in total. The Balaban J connectivity index is 1.49. The summed E-state index contributed by atoms with van der Waals surface area (Å²) in [5.41, 5.74) is 6.48. The zero-order chi connectivity index (χ0) is 20.7. The Bertz CT molecular complexity index is 961. The fourth-order valence-corrected chi connectivity index (χ4v) is 6.56. The number of hydrogen-bond donors (Lipinski definition) is 3. The number of hydrogen-bond acceptors (Lipinski definition) is 7. The number of primary amides is 1. The normalized spacial score (nSPS) is 30.1. The van der Waals surface area contributed by atoms with E-state index >= 15 is 0 Å². The summed E-state index contributed by atoms with van der Waals surface area (Å²) in [4.78, 5) is 20.6. The van der Waals surface area contributed by atoms with Crippen molar-refractivity contribution in [3.05, 3.63) is 36.3 Å². The molecule has 7 nitrogen and oxygen atoms in total. The van der Waals surface area contributed by atoms with E-state index in [9.17, 15) is 9.18 Å². The number of rotatable bonds is 1. The third-order valence-electron chi connectivity index (χ3n) is 6.30. The Morgan fingerprint density at radius 3 is 3.10 bits per heavy atom. The second-order valence-corrected chi connectivity index (χ2v) is 9.49. The van der Waals surface area contributed by atoms with Gasteiger partial charge < -0.3 is 21.1 Å². The molecular formula is C21H24FN5O2S. The number of nitrogens with zero attached hydrogens (tertiary/aromatic N) is 2. The van der Waals surface area contributed by atoms with Gasteiger partial charge in [-0.2, -0.15) is 16.7 Å². The minimum Gasteiger partial charge on any atom is -0.493 e. The zero-order valence-corrected chi connectivity index (χ0v) is 17.2. The zero-order valence-electron chi connectivity index (χ0n) is 16.4. The van der Waals surface area contributed by atoms with Gasteiger partial charge in [0, 0.05) is 23.0 Å². The molecule has 5 unspecified atom stereocenters. The molecule has 0 spiro atoms. The number of nitrogens with one attached hydrogen (secondary N) is 2. The van der Waals surface area contributed by atoms with E-state index in [0.29, 0.717) is 11.9 Å². The molecule has 1 amide bonds. The van der Waals surface area contributed by atoms with Crippen LogP contribution in [-0.4, -0.2) is 39.5 Å². The number of carbonyl (C=O) groups excluding carboxylic acids is 1. The number of nitrogens with two attached hydrogens (primary N) is 1. The Morgan fingerprint density at radius 2 is 2.23 bits per heavy atom. The van der Waals surface area contributed by atoms with Gasteiger partial charge in [0.15, 0.2) is 11.6 Å². The molecule has 2 saturated carbocycles. The van der Waals surface area contributed by atoms with E-state index in [2.05, 4.69) is 20.6 Å². The highest BCUT2D eigenvalue weighted by Gasteiger charge is 2.55. The van der Waals surface area contributed by atoms with Crippen LogP contribution in [0, 0.1) is 23.6 Å². The molecule has 30 heavy (non-hydrogen) atoms. The van der Waals surface area contributed by atoms with Gasteiger partial charge in [0.1, 0.15) is 5.75 Å². The lowest BCUT2D eigenvalue weighted by Gasteiger charge is -2.35. The Morgan fingerprint density at radius 1 is 1.33 bits per heavy atom. The van der Waals surface area contributed by atoms with E-state index in [1.807, 2.05) is 36.0 Å². The van der Waals surface area contributed by atoms with Crippen LogP contribution >= 0.6 is 11.8 Å². The number of carbonyl (C=O) groups is 1. The van der Waals surface area contributed by atoms with E-state index < -0.39 is 5.82 Å². The van der Waals surface area contributed by atoms with E-state index in [1.165, 1.54) is 0 Å². The summed E-state index contributed by atoms with van der Waals surface area (Å²) in [5.74, 6) is 1.42. The summed E-state index contributed by atoms with van der Waals surface area (Å²) in [6.45, 7) is 0.639. The molecule has 158 valence electrons.